The molecule has 0 aliphatic carbocycles. The van der Waals surface area contributed by atoms with Crippen LogP contribution in [0.3, 0.4) is 0 Å². The van der Waals surface area contributed by atoms with Crippen LogP contribution in [0.5, 0.6) is 0 Å². The second-order valence-electron chi connectivity index (χ2n) is 8.61. The number of primary amides is 1. The van der Waals surface area contributed by atoms with E-state index in [0.717, 1.165) is 16.5 Å². The Bertz CT molecular complexity index is 1660. The van der Waals surface area contributed by atoms with Crippen LogP contribution >= 0.6 is 11.6 Å². The molecule has 180 valence electrons. The molecular formula is C27H21ClFN5O2. The maximum atomic E-state index is 14.5. The van der Waals surface area contributed by atoms with E-state index in [0.29, 0.717) is 50.2 Å². The van der Waals surface area contributed by atoms with Gasteiger partial charge in [-0.15, -0.1) is 0 Å². The molecule has 0 saturated heterocycles. The van der Waals surface area contributed by atoms with Gasteiger partial charge in [0.15, 0.2) is 0 Å². The molecule has 0 fully saturated rings. The topological polar surface area (TPSA) is 114 Å². The molecule has 2 amide bonds. The minimum atomic E-state index is -0.564. The monoisotopic (exact) mass is 501 g/mol. The zero-order valence-corrected chi connectivity index (χ0v) is 20.0. The first-order valence-corrected chi connectivity index (χ1v) is 11.5. The van der Waals surface area contributed by atoms with Gasteiger partial charge in [0.05, 0.1) is 16.1 Å². The van der Waals surface area contributed by atoms with Crippen molar-refractivity contribution >= 4 is 45.2 Å². The maximum Gasteiger partial charge on any atom is 0.251 e. The summed E-state index contributed by atoms with van der Waals surface area (Å²) in [6, 6.07) is 11.8. The van der Waals surface area contributed by atoms with Gasteiger partial charge in [0.1, 0.15) is 5.82 Å². The van der Waals surface area contributed by atoms with E-state index in [1.54, 1.807) is 36.7 Å². The highest BCUT2D eigenvalue weighted by Crippen LogP contribution is 2.26. The van der Waals surface area contributed by atoms with E-state index >= 15 is 0 Å². The van der Waals surface area contributed by atoms with Crippen LogP contribution in [-0.2, 0) is 13.0 Å². The number of aryl methyl sites for hydroxylation is 1. The largest absolute Gasteiger partial charge is 0.366 e. The lowest BCUT2D eigenvalue weighted by molar-refractivity contribution is 0.0949. The average Bonchev–Trinajstić information content (AvgIpc) is 3.20. The SMILES string of the molecule is Cc1cnc2c(C(N)=O)cc(Cc3cc(C(=O)NCc4cc5c(Cl)c[nH]c5cc4F)ccn3)cc2c1. The molecule has 7 nitrogen and oxygen atoms in total. The number of fused-ring (bicyclic) bond motifs is 2. The molecule has 3 heterocycles. The van der Waals surface area contributed by atoms with E-state index in [2.05, 4.69) is 20.3 Å². The van der Waals surface area contributed by atoms with E-state index in [9.17, 15) is 14.0 Å². The third-order valence-corrected chi connectivity index (χ3v) is 6.26. The standard InChI is InChI=1S/C27H21ClFN5O2/c1-14-4-17-5-15(7-21(26(30)35)25(17)33-11-14)6-19-8-16(2-3-31-19)27(36)34-12-18-9-20-22(28)13-32-24(20)10-23(18)29/h2-5,7-11,13,32H,6,12H2,1H3,(H2,30,35)(H,34,36). The van der Waals surface area contributed by atoms with Gasteiger partial charge in [0.2, 0.25) is 0 Å². The first-order valence-electron chi connectivity index (χ1n) is 11.2. The average molecular weight is 502 g/mol. The van der Waals surface area contributed by atoms with Gasteiger partial charge in [-0.2, -0.15) is 0 Å². The number of carbonyl (C=O) groups excluding carboxylic acids is 2. The first kappa shape index (κ1) is 23.4. The summed E-state index contributed by atoms with van der Waals surface area (Å²) in [6.07, 6.45) is 5.20. The van der Waals surface area contributed by atoms with Gasteiger partial charge >= 0.3 is 0 Å². The Morgan fingerprint density at radius 1 is 1.14 bits per heavy atom. The molecule has 5 aromatic rings. The van der Waals surface area contributed by atoms with Crippen molar-refractivity contribution in [3.05, 3.63) is 105 Å². The molecule has 0 spiro atoms. The van der Waals surface area contributed by atoms with E-state index < -0.39 is 11.7 Å². The van der Waals surface area contributed by atoms with Gasteiger partial charge < -0.3 is 16.0 Å². The lowest BCUT2D eigenvalue weighted by Crippen LogP contribution is -2.23. The molecule has 3 aromatic heterocycles. The molecule has 2 aromatic carbocycles. The summed E-state index contributed by atoms with van der Waals surface area (Å²) >= 11 is 6.13. The fourth-order valence-electron chi connectivity index (χ4n) is 4.20. The first-order chi connectivity index (χ1) is 17.3. The molecule has 0 bridgehead atoms. The smallest absolute Gasteiger partial charge is 0.251 e. The number of amides is 2. The number of hydrogen-bond acceptors (Lipinski definition) is 4. The van der Waals surface area contributed by atoms with Crippen LogP contribution in [0.4, 0.5) is 4.39 Å². The normalized spacial score (nSPS) is 11.2. The number of carbonyl (C=O) groups is 2. The Labute approximate surface area is 210 Å². The Hall–Kier alpha value is -4.30. The number of aromatic nitrogens is 3. The molecule has 0 atom stereocenters. The van der Waals surface area contributed by atoms with Crippen molar-refractivity contribution in [2.45, 2.75) is 19.9 Å². The van der Waals surface area contributed by atoms with Crippen LogP contribution in [0.25, 0.3) is 21.8 Å². The van der Waals surface area contributed by atoms with Gasteiger partial charge in [0.25, 0.3) is 11.8 Å². The van der Waals surface area contributed by atoms with Crippen molar-refractivity contribution in [3.63, 3.8) is 0 Å². The lowest BCUT2D eigenvalue weighted by atomic mass is 10.00. The number of hydrogen-bond donors (Lipinski definition) is 3. The summed E-state index contributed by atoms with van der Waals surface area (Å²) in [4.78, 5) is 36.4. The van der Waals surface area contributed by atoms with Crippen molar-refractivity contribution in [2.75, 3.05) is 0 Å². The van der Waals surface area contributed by atoms with Crippen molar-refractivity contribution < 1.29 is 14.0 Å². The van der Waals surface area contributed by atoms with E-state index in [1.807, 2.05) is 19.1 Å². The van der Waals surface area contributed by atoms with Crippen molar-refractivity contribution in [2.24, 2.45) is 5.73 Å². The summed E-state index contributed by atoms with van der Waals surface area (Å²) in [7, 11) is 0. The molecule has 0 unspecified atom stereocenters. The zero-order valence-electron chi connectivity index (χ0n) is 19.2. The van der Waals surface area contributed by atoms with Gasteiger partial charge in [-0.25, -0.2) is 4.39 Å². The number of benzene rings is 2. The van der Waals surface area contributed by atoms with E-state index in [1.165, 1.54) is 12.3 Å². The molecule has 0 radical (unpaired) electrons. The number of halogens is 2. The van der Waals surface area contributed by atoms with E-state index in [4.69, 9.17) is 17.3 Å². The second kappa shape index (κ2) is 9.39. The quantitative estimate of drug-likeness (QED) is 0.309. The van der Waals surface area contributed by atoms with Crippen LogP contribution in [0.2, 0.25) is 5.02 Å². The van der Waals surface area contributed by atoms with E-state index in [-0.39, 0.29) is 12.5 Å². The van der Waals surface area contributed by atoms with Crippen molar-refractivity contribution in [1.82, 2.24) is 20.3 Å². The highest BCUT2D eigenvalue weighted by atomic mass is 35.5. The Morgan fingerprint density at radius 2 is 1.97 bits per heavy atom. The van der Waals surface area contributed by atoms with Crippen LogP contribution in [0.15, 0.2) is 61.1 Å². The van der Waals surface area contributed by atoms with Crippen LogP contribution < -0.4 is 11.1 Å². The van der Waals surface area contributed by atoms with Crippen LogP contribution in [-0.4, -0.2) is 26.8 Å². The number of aromatic amines is 1. The van der Waals surface area contributed by atoms with Gasteiger partial charge in [-0.3, -0.25) is 19.6 Å². The van der Waals surface area contributed by atoms with Gasteiger partial charge in [-0.05, 0) is 60.5 Å². The number of nitrogens with two attached hydrogens (primary N) is 1. The third kappa shape index (κ3) is 4.63. The predicted molar refractivity (Wildman–Crippen MR) is 136 cm³/mol. The Morgan fingerprint density at radius 3 is 2.78 bits per heavy atom. The van der Waals surface area contributed by atoms with Gasteiger partial charge in [0, 0.05) is 64.7 Å². The third-order valence-electron chi connectivity index (χ3n) is 5.95. The Kier molecular flexibility index (Phi) is 6.12. The van der Waals surface area contributed by atoms with Crippen LogP contribution in [0.1, 0.15) is 43.1 Å². The summed E-state index contributed by atoms with van der Waals surface area (Å²) in [5.74, 6) is -1.37. The summed E-state index contributed by atoms with van der Waals surface area (Å²) in [5.41, 5.74) is 10.2. The number of nitrogens with zero attached hydrogens (tertiary/aromatic N) is 2. The fraction of sp³-hybridized carbons (Fsp3) is 0.111. The molecule has 5 rings (SSSR count). The second-order valence-corrected chi connectivity index (χ2v) is 9.02. The molecule has 0 aliphatic heterocycles. The Balaban J connectivity index is 1.36. The minimum Gasteiger partial charge on any atom is -0.366 e. The summed E-state index contributed by atoms with van der Waals surface area (Å²) in [5, 5.41) is 4.72. The van der Waals surface area contributed by atoms with Crippen LogP contribution in [0, 0.1) is 12.7 Å². The molecule has 36 heavy (non-hydrogen) atoms. The molecule has 0 saturated carbocycles. The molecule has 4 N–H and O–H groups in total. The molecule has 9 heteroatoms. The highest BCUT2D eigenvalue weighted by Gasteiger charge is 2.14. The minimum absolute atomic E-state index is 0.00122. The van der Waals surface area contributed by atoms with Gasteiger partial charge in [-0.1, -0.05) is 11.6 Å². The fourth-order valence-corrected chi connectivity index (χ4v) is 4.42. The number of nitrogens with one attached hydrogen (secondary N) is 2. The lowest BCUT2D eigenvalue weighted by Gasteiger charge is -2.10. The maximum absolute atomic E-state index is 14.5. The number of H-pyrrole nitrogens is 1. The summed E-state index contributed by atoms with van der Waals surface area (Å²) in [6.45, 7) is 1.92. The predicted octanol–water partition coefficient (Wildman–Crippen LogP) is 4.83. The molecular weight excluding hydrogens is 481 g/mol. The number of pyridine rings is 2. The molecule has 0 aliphatic rings. The summed E-state index contributed by atoms with van der Waals surface area (Å²) < 4.78 is 14.5. The zero-order chi connectivity index (χ0) is 25.4. The number of rotatable bonds is 6. The highest BCUT2D eigenvalue weighted by molar-refractivity contribution is 6.35. The van der Waals surface area contributed by atoms with Crippen molar-refractivity contribution in [3.8, 4) is 0 Å². The van der Waals surface area contributed by atoms with Crippen molar-refractivity contribution in [1.29, 1.82) is 0 Å².